The third-order valence-electron chi connectivity index (χ3n) is 2.11. The summed E-state index contributed by atoms with van der Waals surface area (Å²) in [5.41, 5.74) is 0.837. The predicted octanol–water partition coefficient (Wildman–Crippen LogP) is 4.82. The maximum atomic E-state index is 13.4. The number of halogens is 3. The molecule has 0 aliphatic rings. The van der Waals surface area contributed by atoms with E-state index in [2.05, 4.69) is 4.98 Å². The summed E-state index contributed by atoms with van der Waals surface area (Å²) in [5, 5.41) is 0.719. The lowest BCUT2D eigenvalue weighted by atomic mass is 10.3. The van der Waals surface area contributed by atoms with Gasteiger partial charge in [0, 0.05) is 10.6 Å². The third-order valence-corrected chi connectivity index (χ3v) is 3.75. The van der Waals surface area contributed by atoms with Crippen molar-refractivity contribution in [3.63, 3.8) is 0 Å². The van der Waals surface area contributed by atoms with Gasteiger partial charge in [-0.2, -0.15) is 0 Å². The van der Waals surface area contributed by atoms with Gasteiger partial charge in [-0.15, -0.1) is 11.8 Å². The van der Waals surface area contributed by atoms with Crippen molar-refractivity contribution in [3.8, 4) is 0 Å². The molecule has 0 atom stereocenters. The van der Waals surface area contributed by atoms with Crippen LogP contribution in [-0.2, 0) is 5.75 Å². The molecule has 1 nitrogen and oxygen atoms in total. The molecule has 5 heteroatoms. The van der Waals surface area contributed by atoms with Gasteiger partial charge in [0.15, 0.2) is 0 Å². The molecule has 1 aromatic carbocycles. The summed E-state index contributed by atoms with van der Waals surface area (Å²) in [6, 6.07) is 10.1. The minimum atomic E-state index is -0.226. The lowest BCUT2D eigenvalue weighted by Gasteiger charge is -2.04. The van der Waals surface area contributed by atoms with E-state index in [1.165, 1.54) is 17.8 Å². The molecule has 17 heavy (non-hydrogen) atoms. The van der Waals surface area contributed by atoms with E-state index in [-0.39, 0.29) is 5.82 Å². The lowest BCUT2D eigenvalue weighted by Crippen LogP contribution is -1.88. The van der Waals surface area contributed by atoms with Gasteiger partial charge in [-0.05, 0) is 23.8 Å². The Kier molecular flexibility index (Phi) is 4.26. The summed E-state index contributed by atoms with van der Waals surface area (Å²) in [6.07, 6.45) is 0. The molecule has 0 unspecified atom stereocenters. The predicted molar refractivity (Wildman–Crippen MR) is 70.2 cm³/mol. The molecule has 0 spiro atoms. The maximum absolute atomic E-state index is 13.4. The first-order valence-electron chi connectivity index (χ1n) is 4.85. The van der Waals surface area contributed by atoms with Crippen LogP contribution in [0.2, 0.25) is 10.3 Å². The van der Waals surface area contributed by atoms with Crippen LogP contribution in [-0.4, -0.2) is 4.98 Å². The zero-order chi connectivity index (χ0) is 12.3. The minimum Gasteiger partial charge on any atom is -0.224 e. The molecule has 0 aliphatic heterocycles. The van der Waals surface area contributed by atoms with E-state index < -0.39 is 0 Å². The second kappa shape index (κ2) is 5.71. The number of hydrogen-bond donors (Lipinski definition) is 0. The second-order valence-corrected chi connectivity index (χ2v) is 5.07. The highest BCUT2D eigenvalue weighted by atomic mass is 35.5. The fourth-order valence-corrected chi connectivity index (χ4v) is 2.68. The Morgan fingerprint density at radius 3 is 2.59 bits per heavy atom. The summed E-state index contributed by atoms with van der Waals surface area (Å²) < 4.78 is 13.4. The zero-order valence-corrected chi connectivity index (χ0v) is 11.0. The molecular formula is C12H8Cl2FNS. The van der Waals surface area contributed by atoms with Crippen LogP contribution in [0.25, 0.3) is 0 Å². The average molecular weight is 288 g/mol. The molecule has 1 heterocycles. The van der Waals surface area contributed by atoms with E-state index >= 15 is 0 Å². The monoisotopic (exact) mass is 287 g/mol. The molecule has 0 saturated heterocycles. The quantitative estimate of drug-likeness (QED) is 0.593. The summed E-state index contributed by atoms with van der Waals surface area (Å²) >= 11 is 13.0. The molecule has 0 aliphatic carbocycles. The lowest BCUT2D eigenvalue weighted by molar-refractivity contribution is 0.602. The summed E-state index contributed by atoms with van der Waals surface area (Å²) in [5.74, 6) is 0.333. The largest absolute Gasteiger partial charge is 0.224 e. The Hall–Kier alpha value is -0.770. The number of hydrogen-bond acceptors (Lipinski definition) is 2. The van der Waals surface area contributed by atoms with Crippen molar-refractivity contribution in [1.29, 1.82) is 0 Å². The van der Waals surface area contributed by atoms with E-state index in [1.807, 2.05) is 0 Å². The van der Waals surface area contributed by atoms with Crippen molar-refractivity contribution in [2.45, 2.75) is 10.6 Å². The van der Waals surface area contributed by atoms with Gasteiger partial charge in [0.05, 0.1) is 0 Å². The molecule has 0 radical (unpaired) electrons. The number of rotatable bonds is 3. The van der Waals surface area contributed by atoms with Crippen molar-refractivity contribution >= 4 is 35.0 Å². The molecule has 0 fully saturated rings. The Bertz CT molecular complexity index is 534. The highest BCUT2D eigenvalue weighted by molar-refractivity contribution is 7.98. The van der Waals surface area contributed by atoms with E-state index in [4.69, 9.17) is 23.2 Å². The van der Waals surface area contributed by atoms with Gasteiger partial charge < -0.3 is 0 Å². The topological polar surface area (TPSA) is 12.9 Å². The molecule has 2 rings (SSSR count). The number of aromatic nitrogens is 1. The molecule has 88 valence electrons. The first-order chi connectivity index (χ1) is 8.16. The third kappa shape index (κ3) is 3.35. The molecule has 0 bridgehead atoms. The zero-order valence-electron chi connectivity index (χ0n) is 8.66. The van der Waals surface area contributed by atoms with Crippen LogP contribution in [0.5, 0.6) is 0 Å². The van der Waals surface area contributed by atoms with Gasteiger partial charge in [-0.3, -0.25) is 0 Å². The van der Waals surface area contributed by atoms with E-state index in [9.17, 15) is 4.39 Å². The van der Waals surface area contributed by atoms with Crippen LogP contribution in [0.3, 0.4) is 0 Å². The van der Waals surface area contributed by atoms with Crippen molar-refractivity contribution in [2.24, 2.45) is 0 Å². The number of thioether (sulfide) groups is 1. The molecule has 0 N–H and O–H groups in total. The Morgan fingerprint density at radius 1 is 1.12 bits per heavy atom. The molecule has 0 amide bonds. The molecular weight excluding hydrogens is 280 g/mol. The normalized spacial score (nSPS) is 10.5. The average Bonchev–Trinajstić information content (AvgIpc) is 2.30. The van der Waals surface area contributed by atoms with Crippen LogP contribution in [0.15, 0.2) is 41.3 Å². The van der Waals surface area contributed by atoms with E-state index in [1.54, 1.807) is 30.3 Å². The number of pyridine rings is 1. The van der Waals surface area contributed by atoms with Gasteiger partial charge in [-0.25, -0.2) is 9.37 Å². The van der Waals surface area contributed by atoms with Crippen LogP contribution >= 0.6 is 35.0 Å². The van der Waals surface area contributed by atoms with Gasteiger partial charge >= 0.3 is 0 Å². The summed E-state index contributed by atoms with van der Waals surface area (Å²) in [7, 11) is 0. The fourth-order valence-electron chi connectivity index (χ4n) is 1.27. The van der Waals surface area contributed by atoms with Crippen molar-refractivity contribution in [1.82, 2.24) is 4.98 Å². The second-order valence-electron chi connectivity index (χ2n) is 3.30. The first-order valence-corrected chi connectivity index (χ1v) is 6.59. The first kappa shape index (κ1) is 12.7. The highest BCUT2D eigenvalue weighted by Crippen LogP contribution is 2.28. The smallest absolute Gasteiger partial charge is 0.136 e. The van der Waals surface area contributed by atoms with Crippen molar-refractivity contribution < 1.29 is 4.39 Å². The summed E-state index contributed by atoms with van der Waals surface area (Å²) in [4.78, 5) is 4.53. The molecule has 0 saturated carbocycles. The van der Waals surface area contributed by atoms with Crippen LogP contribution < -0.4 is 0 Å². The highest BCUT2D eigenvalue weighted by Gasteiger charge is 2.06. The Morgan fingerprint density at radius 2 is 1.88 bits per heavy atom. The van der Waals surface area contributed by atoms with Crippen LogP contribution in [0, 0.1) is 5.82 Å². The SMILES string of the molecule is Fc1ccccc1SCc1ccc(Cl)nc1Cl. The van der Waals surface area contributed by atoms with E-state index in [0.29, 0.717) is 21.0 Å². The van der Waals surface area contributed by atoms with Crippen molar-refractivity contribution in [3.05, 3.63) is 58.1 Å². The van der Waals surface area contributed by atoms with Gasteiger partial charge in [0.2, 0.25) is 0 Å². The summed E-state index contributed by atoms with van der Waals surface area (Å²) in [6.45, 7) is 0. The van der Waals surface area contributed by atoms with Gasteiger partial charge in [0.1, 0.15) is 16.1 Å². The standard InChI is InChI=1S/C12H8Cl2FNS/c13-11-6-5-8(12(14)16-11)7-17-10-4-2-1-3-9(10)15/h1-6H,7H2. The van der Waals surface area contributed by atoms with Gasteiger partial charge in [0.25, 0.3) is 0 Å². The van der Waals surface area contributed by atoms with E-state index in [0.717, 1.165) is 5.56 Å². The number of nitrogens with zero attached hydrogens (tertiary/aromatic N) is 1. The van der Waals surface area contributed by atoms with Crippen LogP contribution in [0.4, 0.5) is 4.39 Å². The van der Waals surface area contributed by atoms with Crippen LogP contribution in [0.1, 0.15) is 5.56 Å². The molecule has 2 aromatic rings. The van der Waals surface area contributed by atoms with Crippen molar-refractivity contribution in [2.75, 3.05) is 0 Å². The maximum Gasteiger partial charge on any atom is 0.136 e. The number of benzene rings is 1. The minimum absolute atomic E-state index is 0.226. The van der Waals surface area contributed by atoms with Gasteiger partial charge in [-0.1, -0.05) is 41.4 Å². The molecule has 1 aromatic heterocycles. The fraction of sp³-hybridized carbons (Fsp3) is 0.0833. The Balaban J connectivity index is 2.10. The Labute approximate surface area is 113 Å².